The molecule has 1 aliphatic heterocycles. The number of carbonyl (C=O) groups excluding carboxylic acids is 1. The van der Waals surface area contributed by atoms with Gasteiger partial charge in [-0.05, 0) is 36.2 Å². The summed E-state index contributed by atoms with van der Waals surface area (Å²) in [5.41, 5.74) is 2.23. The Balaban J connectivity index is 1.39. The lowest BCUT2D eigenvalue weighted by Gasteiger charge is -2.19. The summed E-state index contributed by atoms with van der Waals surface area (Å²) in [7, 11) is 2.02. The number of nitrogens with zero attached hydrogens (tertiary/aromatic N) is 1. The Morgan fingerprint density at radius 2 is 1.84 bits per heavy atom. The Kier molecular flexibility index (Phi) is 5.77. The fourth-order valence-corrected chi connectivity index (χ4v) is 2.76. The summed E-state index contributed by atoms with van der Waals surface area (Å²) >= 11 is 0. The fourth-order valence-electron chi connectivity index (χ4n) is 2.76. The van der Waals surface area contributed by atoms with Crippen LogP contribution in [0, 0.1) is 0 Å². The molecule has 1 aliphatic rings. The van der Waals surface area contributed by atoms with Crippen molar-refractivity contribution in [3.63, 3.8) is 0 Å². The van der Waals surface area contributed by atoms with E-state index >= 15 is 0 Å². The lowest BCUT2D eigenvalue weighted by atomic mass is 10.1. The first-order valence-corrected chi connectivity index (χ1v) is 8.64. The van der Waals surface area contributed by atoms with Crippen LogP contribution in [0.3, 0.4) is 0 Å². The molecule has 1 N–H and O–H groups in total. The molecular formula is C20H24N2O3. The molecule has 0 aliphatic carbocycles. The van der Waals surface area contributed by atoms with Crippen LogP contribution < -0.4 is 19.7 Å². The third-order valence-electron chi connectivity index (χ3n) is 4.21. The predicted molar refractivity (Wildman–Crippen MR) is 98.5 cm³/mol. The van der Waals surface area contributed by atoms with Gasteiger partial charge in [0.2, 0.25) is 5.91 Å². The number of ether oxygens (including phenoxy) is 2. The molecule has 2 aromatic rings. The van der Waals surface area contributed by atoms with Crippen LogP contribution in [0.4, 0.5) is 5.69 Å². The average molecular weight is 340 g/mol. The van der Waals surface area contributed by atoms with E-state index in [0.717, 1.165) is 29.3 Å². The number of benzene rings is 2. The highest BCUT2D eigenvalue weighted by Crippen LogP contribution is 2.31. The van der Waals surface area contributed by atoms with Gasteiger partial charge in [-0.3, -0.25) is 4.79 Å². The van der Waals surface area contributed by atoms with E-state index in [1.54, 1.807) is 0 Å². The molecule has 0 radical (unpaired) electrons. The normalized spacial score (nSPS) is 12.5. The molecule has 0 aromatic heterocycles. The van der Waals surface area contributed by atoms with Crippen molar-refractivity contribution in [2.45, 2.75) is 12.8 Å². The van der Waals surface area contributed by atoms with E-state index < -0.39 is 0 Å². The summed E-state index contributed by atoms with van der Waals surface area (Å²) < 4.78 is 11.1. The summed E-state index contributed by atoms with van der Waals surface area (Å²) in [5.74, 6) is 1.62. The van der Waals surface area contributed by atoms with Crippen LogP contribution in [0.25, 0.3) is 0 Å². The third kappa shape index (κ3) is 4.89. The monoisotopic (exact) mass is 340 g/mol. The Hall–Kier alpha value is -2.69. The minimum atomic E-state index is 0.0661. The number of hydrogen-bond donors (Lipinski definition) is 1. The van der Waals surface area contributed by atoms with Crippen molar-refractivity contribution < 1.29 is 14.3 Å². The SMILES string of the molecule is CN(CCNC(=O)CCc1ccc2c(c1)OCCO2)c1ccccc1. The molecule has 0 saturated carbocycles. The molecule has 2 aromatic carbocycles. The molecule has 5 nitrogen and oxygen atoms in total. The maximum absolute atomic E-state index is 12.0. The molecule has 3 rings (SSSR count). The molecule has 1 amide bonds. The molecule has 0 atom stereocenters. The lowest BCUT2D eigenvalue weighted by Crippen LogP contribution is -2.33. The first-order chi connectivity index (χ1) is 12.2. The Labute approximate surface area is 148 Å². The van der Waals surface area contributed by atoms with Crippen LogP contribution >= 0.6 is 0 Å². The zero-order chi connectivity index (χ0) is 17.5. The van der Waals surface area contributed by atoms with Crippen molar-refractivity contribution in [3.05, 3.63) is 54.1 Å². The Bertz CT molecular complexity index is 703. The van der Waals surface area contributed by atoms with Gasteiger partial charge in [-0.1, -0.05) is 24.3 Å². The molecule has 0 fully saturated rings. The van der Waals surface area contributed by atoms with E-state index in [4.69, 9.17) is 9.47 Å². The number of aryl methyl sites for hydroxylation is 1. The Morgan fingerprint density at radius 1 is 1.08 bits per heavy atom. The smallest absolute Gasteiger partial charge is 0.220 e. The van der Waals surface area contributed by atoms with Gasteiger partial charge in [-0.2, -0.15) is 0 Å². The number of hydrogen-bond acceptors (Lipinski definition) is 4. The van der Waals surface area contributed by atoms with E-state index in [1.807, 2.05) is 43.4 Å². The number of nitrogens with one attached hydrogen (secondary N) is 1. The molecule has 0 bridgehead atoms. The predicted octanol–water partition coefficient (Wildman–Crippen LogP) is 2.64. The summed E-state index contributed by atoms with van der Waals surface area (Å²) in [6.07, 6.45) is 1.16. The van der Waals surface area contributed by atoms with Crippen molar-refractivity contribution in [2.24, 2.45) is 0 Å². The largest absolute Gasteiger partial charge is 0.486 e. The molecule has 25 heavy (non-hydrogen) atoms. The fraction of sp³-hybridized carbons (Fsp3) is 0.350. The summed E-state index contributed by atoms with van der Waals surface area (Å²) in [4.78, 5) is 14.2. The lowest BCUT2D eigenvalue weighted by molar-refractivity contribution is -0.120. The second-order valence-corrected chi connectivity index (χ2v) is 6.09. The maximum Gasteiger partial charge on any atom is 0.220 e. The zero-order valence-corrected chi connectivity index (χ0v) is 14.5. The van der Waals surface area contributed by atoms with E-state index in [-0.39, 0.29) is 5.91 Å². The number of fused-ring (bicyclic) bond motifs is 1. The van der Waals surface area contributed by atoms with Gasteiger partial charge >= 0.3 is 0 Å². The van der Waals surface area contributed by atoms with Gasteiger partial charge < -0.3 is 19.7 Å². The van der Waals surface area contributed by atoms with Gasteiger partial charge in [0.1, 0.15) is 13.2 Å². The van der Waals surface area contributed by atoms with Gasteiger partial charge in [0, 0.05) is 32.2 Å². The number of para-hydroxylation sites is 1. The van der Waals surface area contributed by atoms with Gasteiger partial charge in [-0.15, -0.1) is 0 Å². The molecule has 1 heterocycles. The van der Waals surface area contributed by atoms with Crippen LogP contribution in [-0.4, -0.2) is 39.3 Å². The van der Waals surface area contributed by atoms with Crippen LogP contribution in [0.2, 0.25) is 0 Å². The van der Waals surface area contributed by atoms with E-state index in [9.17, 15) is 4.79 Å². The number of carbonyl (C=O) groups is 1. The maximum atomic E-state index is 12.0. The number of anilines is 1. The average Bonchev–Trinajstić information content (AvgIpc) is 2.67. The highest BCUT2D eigenvalue weighted by atomic mass is 16.6. The number of rotatable bonds is 7. The Morgan fingerprint density at radius 3 is 2.64 bits per heavy atom. The minimum absolute atomic E-state index is 0.0661. The van der Waals surface area contributed by atoms with Gasteiger partial charge in [0.25, 0.3) is 0 Å². The van der Waals surface area contributed by atoms with Crippen molar-refractivity contribution in [3.8, 4) is 11.5 Å². The van der Waals surface area contributed by atoms with Gasteiger partial charge in [0.05, 0.1) is 0 Å². The summed E-state index contributed by atoms with van der Waals surface area (Å²) in [6.45, 7) is 2.57. The van der Waals surface area contributed by atoms with E-state index in [0.29, 0.717) is 32.6 Å². The first-order valence-electron chi connectivity index (χ1n) is 8.64. The van der Waals surface area contributed by atoms with Crippen LogP contribution in [0.1, 0.15) is 12.0 Å². The quantitative estimate of drug-likeness (QED) is 0.842. The molecule has 0 spiro atoms. The summed E-state index contributed by atoms with van der Waals surface area (Å²) in [6, 6.07) is 16.0. The van der Waals surface area contributed by atoms with Crippen LogP contribution in [-0.2, 0) is 11.2 Å². The third-order valence-corrected chi connectivity index (χ3v) is 4.21. The van der Waals surface area contributed by atoms with Gasteiger partial charge in [-0.25, -0.2) is 0 Å². The molecule has 0 saturated heterocycles. The standard InChI is InChI=1S/C20H24N2O3/c1-22(17-5-3-2-4-6-17)12-11-21-20(23)10-8-16-7-9-18-19(15-16)25-14-13-24-18/h2-7,9,15H,8,10-14H2,1H3,(H,21,23). The second kappa shape index (κ2) is 8.42. The number of likely N-dealkylation sites (N-methyl/N-ethyl adjacent to an activating group) is 1. The zero-order valence-electron chi connectivity index (χ0n) is 14.5. The minimum Gasteiger partial charge on any atom is -0.486 e. The molecule has 132 valence electrons. The van der Waals surface area contributed by atoms with Crippen molar-refractivity contribution in [1.29, 1.82) is 0 Å². The van der Waals surface area contributed by atoms with Crippen molar-refractivity contribution in [1.82, 2.24) is 5.32 Å². The van der Waals surface area contributed by atoms with Crippen LogP contribution in [0.5, 0.6) is 11.5 Å². The topological polar surface area (TPSA) is 50.8 Å². The highest BCUT2D eigenvalue weighted by molar-refractivity contribution is 5.76. The molecular weight excluding hydrogens is 316 g/mol. The van der Waals surface area contributed by atoms with Gasteiger partial charge in [0.15, 0.2) is 11.5 Å². The summed E-state index contributed by atoms with van der Waals surface area (Å²) in [5, 5.41) is 2.98. The number of amides is 1. The molecule has 0 unspecified atom stereocenters. The van der Waals surface area contributed by atoms with Crippen LogP contribution in [0.15, 0.2) is 48.5 Å². The van der Waals surface area contributed by atoms with E-state index in [1.165, 1.54) is 0 Å². The first kappa shape index (κ1) is 17.1. The second-order valence-electron chi connectivity index (χ2n) is 6.09. The van der Waals surface area contributed by atoms with Crippen molar-refractivity contribution in [2.75, 3.05) is 38.3 Å². The molecule has 5 heteroatoms. The van der Waals surface area contributed by atoms with E-state index in [2.05, 4.69) is 22.3 Å². The van der Waals surface area contributed by atoms with Crippen molar-refractivity contribution >= 4 is 11.6 Å². The highest BCUT2D eigenvalue weighted by Gasteiger charge is 2.12.